The van der Waals surface area contributed by atoms with Crippen LogP contribution in [-0.4, -0.2) is 128 Å². The lowest BCUT2D eigenvalue weighted by Crippen LogP contribution is -2.51. The van der Waals surface area contributed by atoms with Crippen molar-refractivity contribution >= 4 is 23.4 Å². The summed E-state index contributed by atoms with van der Waals surface area (Å²) in [6.07, 6.45) is -0.736. The lowest BCUT2D eigenvalue weighted by molar-refractivity contribution is -0.176. The van der Waals surface area contributed by atoms with Crippen LogP contribution in [-0.2, 0) is 25.4 Å². The number of rotatable bonds is 9. The number of aromatic nitrogens is 10. The normalized spacial score (nSPS) is 17.3. The molecule has 334 valence electrons. The Bertz CT molecular complexity index is 2460. The first-order chi connectivity index (χ1) is 30.1. The molecule has 2 saturated heterocycles. The Morgan fingerprint density at radius 1 is 0.714 bits per heavy atom. The number of hydrogen-bond acceptors (Lipinski definition) is 13. The number of pyridine rings is 2. The highest BCUT2D eigenvalue weighted by molar-refractivity contribution is 5.91. The average Bonchev–Trinajstić information content (AvgIpc) is 4.10. The molecule has 0 bridgehead atoms. The van der Waals surface area contributed by atoms with Crippen LogP contribution in [0.3, 0.4) is 0 Å². The minimum Gasteiger partial charge on any atom is -0.364 e. The van der Waals surface area contributed by atoms with E-state index in [-0.39, 0.29) is 17.8 Å². The third kappa shape index (κ3) is 11.0. The van der Waals surface area contributed by atoms with Crippen LogP contribution in [0.4, 0.5) is 43.8 Å². The zero-order valence-electron chi connectivity index (χ0n) is 33.7. The van der Waals surface area contributed by atoms with E-state index >= 15 is 0 Å². The van der Waals surface area contributed by atoms with Crippen LogP contribution in [0.1, 0.15) is 46.6 Å². The van der Waals surface area contributed by atoms with Crippen LogP contribution < -0.4 is 15.5 Å². The maximum atomic E-state index is 12.8. The molecule has 8 N–H and O–H groups in total. The molecular weight excluding hydrogens is 843 g/mol. The van der Waals surface area contributed by atoms with Crippen LogP contribution in [0, 0.1) is 6.57 Å². The Morgan fingerprint density at radius 2 is 1.17 bits per heavy atom. The number of hydrogen-bond donors (Lipinski definition) is 7. The van der Waals surface area contributed by atoms with Gasteiger partial charge in [0.1, 0.15) is 28.7 Å². The first-order valence-corrected chi connectivity index (χ1v) is 19.1. The van der Waals surface area contributed by atoms with E-state index in [2.05, 4.69) is 64.9 Å². The Hall–Kier alpha value is -6.88. The van der Waals surface area contributed by atoms with Crippen molar-refractivity contribution in [3.63, 3.8) is 0 Å². The van der Waals surface area contributed by atoms with Crippen molar-refractivity contribution in [3.8, 4) is 23.0 Å². The van der Waals surface area contributed by atoms with Gasteiger partial charge in [-0.25, -0.2) is 19.9 Å². The van der Waals surface area contributed by atoms with Gasteiger partial charge < -0.3 is 25.4 Å². The molecule has 19 nitrogen and oxygen atoms in total. The summed E-state index contributed by atoms with van der Waals surface area (Å²) in [6.45, 7) is 16.4. The van der Waals surface area contributed by atoms with E-state index in [0.717, 1.165) is 54.4 Å². The molecule has 25 heteroatoms. The van der Waals surface area contributed by atoms with Crippen molar-refractivity contribution in [1.82, 2.24) is 60.1 Å². The molecule has 0 spiro atoms. The third-order valence-corrected chi connectivity index (χ3v) is 10.4. The first-order valence-electron chi connectivity index (χ1n) is 19.1. The molecule has 0 unspecified atom stereocenters. The Morgan fingerprint density at radius 3 is 1.54 bits per heavy atom. The molecule has 6 aromatic heterocycles. The molecule has 6 aromatic rings. The van der Waals surface area contributed by atoms with Crippen LogP contribution >= 0.6 is 0 Å². The molecule has 0 aliphatic carbocycles. The second-order valence-electron chi connectivity index (χ2n) is 14.6. The van der Waals surface area contributed by atoms with Crippen LogP contribution in [0.2, 0.25) is 0 Å². The molecule has 2 atom stereocenters. The van der Waals surface area contributed by atoms with Gasteiger partial charge in [0.25, 0.3) is 5.91 Å². The van der Waals surface area contributed by atoms with Gasteiger partial charge in [0.05, 0.1) is 35.9 Å². The molecule has 2 aliphatic rings. The third-order valence-electron chi connectivity index (χ3n) is 10.4. The Labute approximate surface area is 354 Å². The van der Waals surface area contributed by atoms with Crippen molar-refractivity contribution in [2.75, 3.05) is 49.1 Å². The van der Waals surface area contributed by atoms with Gasteiger partial charge in [0.2, 0.25) is 11.6 Å². The minimum absolute atomic E-state index is 0.0541. The van der Waals surface area contributed by atoms with Gasteiger partial charge in [0, 0.05) is 88.0 Å². The molecule has 0 aromatic carbocycles. The van der Waals surface area contributed by atoms with Crippen LogP contribution in [0.25, 0.3) is 27.9 Å². The fourth-order valence-electron chi connectivity index (χ4n) is 7.30. The zero-order valence-corrected chi connectivity index (χ0v) is 33.7. The van der Waals surface area contributed by atoms with E-state index in [4.69, 9.17) is 22.8 Å². The van der Waals surface area contributed by atoms with Gasteiger partial charge in [-0.3, -0.25) is 40.3 Å². The number of piperazine rings is 2. The number of imidazole rings is 2. The summed E-state index contributed by atoms with van der Waals surface area (Å²) in [4.78, 5) is 45.3. The SMILES string of the molecule is C[C@@H]1CN(Cc2cn[nH]c2-c2ncc(C(N)=O)[nH]2)CCN1c1ccc(C(F)(F)F)cn1.OO.[C-]#[N+]c1cnc(-c2[nH]ncc2CN2CCN(c3ccc(C(F)(F)F)cn3)[C@H](C)C2)[nH]1. The Kier molecular flexibility index (Phi) is 14.1. The minimum atomic E-state index is -4.40. The number of nitrogens with two attached hydrogens (primary N) is 1. The van der Waals surface area contributed by atoms with Gasteiger partial charge in [-0.15, -0.1) is 0 Å². The molecule has 0 saturated carbocycles. The van der Waals surface area contributed by atoms with E-state index in [1.54, 1.807) is 12.4 Å². The van der Waals surface area contributed by atoms with Gasteiger partial charge in [0.15, 0.2) is 5.82 Å². The predicted octanol–water partition coefficient (Wildman–Crippen LogP) is 5.52. The van der Waals surface area contributed by atoms with Crippen molar-refractivity contribution in [2.24, 2.45) is 5.73 Å². The summed E-state index contributed by atoms with van der Waals surface area (Å²) in [5, 5.41) is 26.0. The second-order valence-corrected chi connectivity index (χ2v) is 14.6. The molecule has 2 aliphatic heterocycles. The Balaban J connectivity index is 0.000000202. The number of alkyl halides is 6. The number of anilines is 2. The summed E-state index contributed by atoms with van der Waals surface area (Å²) >= 11 is 0. The van der Waals surface area contributed by atoms with Crippen molar-refractivity contribution in [3.05, 3.63) is 101 Å². The average molecular weight is 885 g/mol. The van der Waals surface area contributed by atoms with Crippen molar-refractivity contribution in [2.45, 2.75) is 51.4 Å². The maximum Gasteiger partial charge on any atom is 0.417 e. The number of aromatic amines is 4. The largest absolute Gasteiger partial charge is 0.417 e. The van der Waals surface area contributed by atoms with E-state index < -0.39 is 29.4 Å². The molecule has 8 heterocycles. The number of carbonyl (C=O) groups excluding carboxylic acids is 1. The molecule has 0 radical (unpaired) electrons. The van der Waals surface area contributed by atoms with Gasteiger partial charge in [-0.1, -0.05) is 6.57 Å². The maximum absolute atomic E-state index is 12.8. The number of carbonyl (C=O) groups is 1. The molecule has 2 fully saturated rings. The number of nitrogens with one attached hydrogen (secondary N) is 4. The highest BCUT2D eigenvalue weighted by atomic mass is 19.4. The highest BCUT2D eigenvalue weighted by Crippen LogP contribution is 2.32. The highest BCUT2D eigenvalue weighted by Gasteiger charge is 2.33. The van der Waals surface area contributed by atoms with Crippen molar-refractivity contribution in [1.29, 1.82) is 0 Å². The molecule has 8 rings (SSSR count). The molecular formula is C38H42F6N16O3. The number of nitrogens with zero attached hydrogens (tertiary/aromatic N) is 11. The summed E-state index contributed by atoms with van der Waals surface area (Å²) in [5.74, 6) is 1.87. The number of primary amides is 1. The van der Waals surface area contributed by atoms with Crippen molar-refractivity contribution < 1.29 is 41.7 Å². The van der Waals surface area contributed by atoms with Gasteiger partial charge in [-0.2, -0.15) is 36.5 Å². The van der Waals surface area contributed by atoms with Crippen LogP contribution in [0.15, 0.2) is 61.4 Å². The van der Waals surface area contributed by atoms with Gasteiger partial charge >= 0.3 is 12.4 Å². The summed E-state index contributed by atoms with van der Waals surface area (Å²) < 4.78 is 76.6. The lowest BCUT2D eigenvalue weighted by atomic mass is 10.1. The molecule has 63 heavy (non-hydrogen) atoms. The fourth-order valence-corrected chi connectivity index (χ4v) is 7.30. The van der Waals surface area contributed by atoms with E-state index in [0.29, 0.717) is 74.1 Å². The number of amides is 1. The zero-order chi connectivity index (χ0) is 45.5. The van der Waals surface area contributed by atoms with E-state index in [1.807, 2.05) is 23.6 Å². The standard InChI is InChI=1S/C19H21F3N8O.C19H19F3N8.H2O2/c1-11-9-29(4-5-30(11)15-3-2-13(7-24-15)19(20,21)22)10-12-6-26-28-16(12)18-25-8-14(27-18)17(23)31;1-12-10-29(5-6-30(12)16-4-3-14(8-24-16)19(20,21)22)11-13-7-26-28-17(13)18-25-9-15(23-2)27-18;1-2/h2-3,6-8,11H,4-5,9-10H2,1H3,(H2,23,31)(H,25,27)(H,26,28);3-4,7-9,12H,5-6,10-11H2,1H3,(H,25,27)(H,26,28);1-2H/t11-;12-;/m11./s1. The number of H-pyrrole nitrogens is 4. The summed E-state index contributed by atoms with van der Waals surface area (Å²) in [5.41, 5.74) is 7.24. The van der Waals surface area contributed by atoms with E-state index in [9.17, 15) is 31.1 Å². The first kappa shape index (κ1) is 45.6. The predicted molar refractivity (Wildman–Crippen MR) is 215 cm³/mol. The quantitative estimate of drug-likeness (QED) is 0.0410. The monoisotopic (exact) mass is 884 g/mol. The summed E-state index contributed by atoms with van der Waals surface area (Å²) in [7, 11) is 0. The second kappa shape index (κ2) is 19.4. The smallest absolute Gasteiger partial charge is 0.364 e. The van der Waals surface area contributed by atoms with Gasteiger partial charge in [-0.05, 0) is 38.1 Å². The van der Waals surface area contributed by atoms with Crippen LogP contribution in [0.5, 0.6) is 0 Å². The van der Waals surface area contributed by atoms with E-state index in [1.165, 1.54) is 24.5 Å². The topological polar surface area (TPSA) is 241 Å². The fraction of sp³-hybridized carbons (Fsp3) is 0.368. The number of halogens is 6. The lowest BCUT2D eigenvalue weighted by Gasteiger charge is -2.40. The summed E-state index contributed by atoms with van der Waals surface area (Å²) in [6, 6.07) is 5.10. The molecule has 1 amide bonds.